The van der Waals surface area contributed by atoms with Gasteiger partial charge in [0.15, 0.2) is 0 Å². The van der Waals surface area contributed by atoms with Crippen LogP contribution in [0.1, 0.15) is 0 Å². The number of nitrogens with zero attached hydrogens (tertiary/aromatic N) is 1. The summed E-state index contributed by atoms with van der Waals surface area (Å²) in [6.45, 7) is 0. The van der Waals surface area contributed by atoms with Crippen molar-refractivity contribution in [1.29, 1.82) is 0 Å². The van der Waals surface area contributed by atoms with Gasteiger partial charge in [0, 0.05) is 6.07 Å². The number of hydrogen-bond acceptors (Lipinski definition) is 4. The lowest BCUT2D eigenvalue weighted by molar-refractivity contribution is -0.162. The number of rotatable bonds is 3. The summed E-state index contributed by atoms with van der Waals surface area (Å²) in [5, 5.41) is 12.5. The predicted molar refractivity (Wildman–Crippen MR) is 64.0 cm³/mol. The number of nitrogens with one attached hydrogen (secondary N) is 1. The summed E-state index contributed by atoms with van der Waals surface area (Å²) < 4.78 is 35.8. The molecule has 1 aromatic rings. The predicted octanol–water partition coefficient (Wildman–Crippen LogP) is 3.34. The SMILES string of the molecule is O=C(C=NNc1cc(O)c(Br)cc1Cl)C(F)(F)F. The molecule has 0 saturated heterocycles. The molecule has 0 bridgehead atoms. The van der Waals surface area contributed by atoms with E-state index in [1.165, 1.54) is 6.07 Å². The number of carbonyl (C=O) groups excluding carboxylic acids is 1. The number of ketones is 1. The smallest absolute Gasteiger partial charge is 0.455 e. The van der Waals surface area contributed by atoms with Crippen LogP contribution in [0.5, 0.6) is 5.75 Å². The number of alkyl halides is 3. The fourth-order valence-electron chi connectivity index (χ4n) is 0.857. The molecule has 0 heterocycles. The van der Waals surface area contributed by atoms with Gasteiger partial charge in [-0.15, -0.1) is 0 Å². The Morgan fingerprint density at radius 1 is 1.50 bits per heavy atom. The van der Waals surface area contributed by atoms with Gasteiger partial charge in [0.1, 0.15) is 5.75 Å². The van der Waals surface area contributed by atoms with Crippen molar-refractivity contribution < 1.29 is 23.1 Å². The van der Waals surface area contributed by atoms with E-state index >= 15 is 0 Å². The third kappa shape index (κ3) is 3.88. The highest BCUT2D eigenvalue weighted by Gasteiger charge is 2.36. The van der Waals surface area contributed by atoms with Gasteiger partial charge in [0.05, 0.1) is 21.4 Å². The highest BCUT2D eigenvalue weighted by Crippen LogP contribution is 2.33. The second-order valence-electron chi connectivity index (χ2n) is 3.02. The lowest BCUT2D eigenvalue weighted by Gasteiger charge is -2.05. The summed E-state index contributed by atoms with van der Waals surface area (Å²) in [5.74, 6) is -2.29. The number of phenolic OH excluding ortho intramolecular Hbond substituents is 1. The third-order valence-corrected chi connectivity index (χ3v) is 2.63. The van der Waals surface area contributed by atoms with Gasteiger partial charge in [-0.2, -0.15) is 18.3 Å². The van der Waals surface area contributed by atoms with E-state index in [9.17, 15) is 23.1 Å². The average molecular weight is 346 g/mol. The molecular weight excluding hydrogens is 340 g/mol. The van der Waals surface area contributed by atoms with E-state index in [4.69, 9.17) is 11.6 Å². The van der Waals surface area contributed by atoms with E-state index in [2.05, 4.69) is 26.5 Å². The van der Waals surface area contributed by atoms with Crippen molar-refractivity contribution in [3.63, 3.8) is 0 Å². The molecule has 18 heavy (non-hydrogen) atoms. The zero-order chi connectivity index (χ0) is 13.9. The van der Waals surface area contributed by atoms with E-state index < -0.39 is 12.0 Å². The maximum atomic E-state index is 11.8. The van der Waals surface area contributed by atoms with Crippen LogP contribution in [0, 0.1) is 0 Å². The minimum absolute atomic E-state index is 0.0589. The number of hydrazone groups is 1. The molecule has 0 unspecified atom stereocenters. The van der Waals surface area contributed by atoms with Crippen LogP contribution in [0.25, 0.3) is 0 Å². The van der Waals surface area contributed by atoms with Crippen LogP contribution in [0.3, 0.4) is 0 Å². The molecule has 0 aliphatic rings. The lowest BCUT2D eigenvalue weighted by atomic mass is 10.3. The summed E-state index contributed by atoms with van der Waals surface area (Å²) in [6, 6.07) is 2.46. The Labute approximate surface area is 113 Å². The molecule has 0 spiro atoms. The molecule has 98 valence electrons. The Morgan fingerprint density at radius 2 is 2.11 bits per heavy atom. The summed E-state index contributed by atoms with van der Waals surface area (Å²) in [5.41, 5.74) is 2.18. The van der Waals surface area contributed by atoms with Gasteiger partial charge in [-0.05, 0) is 22.0 Å². The summed E-state index contributed by atoms with van der Waals surface area (Å²) >= 11 is 8.72. The van der Waals surface area contributed by atoms with Gasteiger partial charge in [0.25, 0.3) is 5.78 Å². The number of Topliss-reactive ketones (excluding diaryl/α,β-unsaturated/α-hetero) is 1. The van der Waals surface area contributed by atoms with Gasteiger partial charge < -0.3 is 5.11 Å². The number of benzene rings is 1. The highest BCUT2D eigenvalue weighted by molar-refractivity contribution is 9.10. The highest BCUT2D eigenvalue weighted by atomic mass is 79.9. The molecule has 0 aliphatic carbocycles. The molecule has 0 aliphatic heterocycles. The maximum Gasteiger partial charge on any atom is 0.455 e. The molecule has 0 fully saturated rings. The Morgan fingerprint density at radius 3 is 2.67 bits per heavy atom. The monoisotopic (exact) mass is 344 g/mol. The molecule has 9 heteroatoms. The van der Waals surface area contributed by atoms with E-state index in [1.54, 1.807) is 0 Å². The quantitative estimate of drug-likeness (QED) is 0.652. The molecule has 1 rings (SSSR count). The van der Waals surface area contributed by atoms with Crippen LogP contribution in [0.4, 0.5) is 18.9 Å². The molecule has 0 amide bonds. The summed E-state index contributed by atoms with van der Waals surface area (Å²) in [7, 11) is 0. The number of phenols is 1. The molecule has 1 aromatic carbocycles. The number of anilines is 1. The number of carbonyl (C=O) groups is 1. The zero-order valence-corrected chi connectivity index (χ0v) is 10.8. The fraction of sp³-hybridized carbons (Fsp3) is 0.111. The van der Waals surface area contributed by atoms with Crippen LogP contribution < -0.4 is 5.43 Å². The Kier molecular flexibility index (Phi) is 4.58. The van der Waals surface area contributed by atoms with Crippen molar-refractivity contribution in [2.45, 2.75) is 6.18 Å². The number of aromatic hydroxyl groups is 1. The van der Waals surface area contributed by atoms with Crippen molar-refractivity contribution in [3.8, 4) is 5.75 Å². The van der Waals surface area contributed by atoms with Gasteiger partial charge in [0.2, 0.25) is 0 Å². The fourth-order valence-corrected chi connectivity index (χ4v) is 1.54. The zero-order valence-electron chi connectivity index (χ0n) is 8.42. The molecule has 0 atom stereocenters. The largest absolute Gasteiger partial charge is 0.507 e. The van der Waals surface area contributed by atoms with Crippen LogP contribution in [0.15, 0.2) is 21.7 Å². The molecule has 0 aromatic heterocycles. The van der Waals surface area contributed by atoms with Crippen LogP contribution >= 0.6 is 27.5 Å². The molecular formula is C9H5BrClF3N2O2. The Balaban J connectivity index is 2.79. The van der Waals surface area contributed by atoms with E-state index in [0.717, 1.165) is 6.07 Å². The first-order valence-electron chi connectivity index (χ1n) is 4.30. The second kappa shape index (κ2) is 5.57. The van der Waals surface area contributed by atoms with Crippen molar-refractivity contribution in [3.05, 3.63) is 21.6 Å². The van der Waals surface area contributed by atoms with Crippen LogP contribution in [0.2, 0.25) is 5.02 Å². The topological polar surface area (TPSA) is 61.7 Å². The van der Waals surface area contributed by atoms with E-state index in [0.29, 0.717) is 4.47 Å². The maximum absolute atomic E-state index is 11.8. The minimum atomic E-state index is -4.98. The van der Waals surface area contributed by atoms with Crippen molar-refractivity contribution in [2.75, 3.05) is 5.43 Å². The summed E-state index contributed by atoms with van der Waals surface area (Å²) in [4.78, 5) is 10.5. The van der Waals surface area contributed by atoms with E-state index in [-0.39, 0.29) is 22.7 Å². The van der Waals surface area contributed by atoms with Crippen molar-refractivity contribution in [2.24, 2.45) is 5.10 Å². The first-order chi connectivity index (χ1) is 8.21. The average Bonchev–Trinajstić information content (AvgIpc) is 2.23. The Bertz CT molecular complexity index is 505. The van der Waals surface area contributed by atoms with Gasteiger partial charge in [-0.1, -0.05) is 11.6 Å². The first-order valence-corrected chi connectivity index (χ1v) is 5.47. The third-order valence-electron chi connectivity index (χ3n) is 1.68. The Hall–Kier alpha value is -1.28. The lowest BCUT2D eigenvalue weighted by Crippen LogP contribution is -2.23. The summed E-state index contributed by atoms with van der Waals surface area (Å²) in [6.07, 6.45) is -4.90. The molecule has 4 nitrogen and oxygen atoms in total. The molecule has 0 saturated carbocycles. The van der Waals surface area contributed by atoms with Gasteiger partial charge in [-0.3, -0.25) is 10.2 Å². The van der Waals surface area contributed by atoms with Crippen molar-refractivity contribution in [1.82, 2.24) is 0 Å². The first kappa shape index (κ1) is 14.8. The minimum Gasteiger partial charge on any atom is -0.507 e. The van der Waals surface area contributed by atoms with Crippen LogP contribution in [-0.2, 0) is 4.79 Å². The number of hydrogen-bond donors (Lipinski definition) is 2. The normalized spacial score (nSPS) is 11.8. The van der Waals surface area contributed by atoms with Crippen molar-refractivity contribution >= 4 is 45.2 Å². The standard InChI is InChI=1S/C9H5BrClF3N2O2/c10-4-1-5(11)6(2-7(4)17)16-15-3-8(18)9(12,13)14/h1-3,16-17H. The van der Waals surface area contributed by atoms with E-state index in [1.807, 2.05) is 0 Å². The number of halogens is 5. The van der Waals surface area contributed by atoms with Gasteiger partial charge >= 0.3 is 6.18 Å². The molecule has 0 radical (unpaired) electrons. The molecule has 2 N–H and O–H groups in total. The van der Waals surface area contributed by atoms with Gasteiger partial charge in [-0.25, -0.2) is 0 Å². The second-order valence-corrected chi connectivity index (χ2v) is 4.28. The van der Waals surface area contributed by atoms with Crippen LogP contribution in [-0.4, -0.2) is 23.3 Å².